The van der Waals surface area contributed by atoms with Crippen molar-refractivity contribution in [1.82, 2.24) is 9.88 Å². The number of aliphatic hydroxyl groups excluding tert-OH is 2. The van der Waals surface area contributed by atoms with E-state index in [1.807, 2.05) is 55.4 Å². The molecule has 0 saturated heterocycles. The molecule has 12 heteroatoms. The third kappa shape index (κ3) is 4.43. The first-order valence-corrected chi connectivity index (χ1v) is 14.4. The molecule has 0 aliphatic heterocycles. The Morgan fingerprint density at radius 1 is 1.13 bits per heavy atom. The van der Waals surface area contributed by atoms with Crippen LogP contribution in [0.4, 0.5) is 5.69 Å². The molecule has 1 aromatic heterocycles. The number of methoxy groups -OCH3 is 1. The van der Waals surface area contributed by atoms with Crippen LogP contribution in [0.25, 0.3) is 29.0 Å². The van der Waals surface area contributed by atoms with Crippen LogP contribution in [0.3, 0.4) is 0 Å². The summed E-state index contributed by atoms with van der Waals surface area (Å²) in [5, 5.41) is 34.8. The first-order chi connectivity index (χ1) is 21.3. The maximum atomic E-state index is 14.2. The van der Waals surface area contributed by atoms with Gasteiger partial charge in [0.25, 0.3) is 5.91 Å². The average Bonchev–Trinajstić information content (AvgIpc) is 3.40. The lowest BCUT2D eigenvalue weighted by atomic mass is 9.57. The van der Waals surface area contributed by atoms with Crippen molar-refractivity contribution in [2.24, 2.45) is 17.6 Å². The number of ketones is 2. The van der Waals surface area contributed by atoms with Crippen LogP contribution in [0.5, 0.6) is 5.75 Å². The highest BCUT2D eigenvalue weighted by molar-refractivity contribution is 6.24. The lowest BCUT2D eigenvalue weighted by Gasteiger charge is -2.50. The molecule has 2 aromatic carbocycles. The molecule has 0 unspecified atom stereocenters. The number of anilines is 1. The van der Waals surface area contributed by atoms with Gasteiger partial charge in [0.2, 0.25) is 11.7 Å². The molecule has 3 aliphatic rings. The van der Waals surface area contributed by atoms with E-state index in [0.29, 0.717) is 11.1 Å². The van der Waals surface area contributed by atoms with E-state index in [1.165, 1.54) is 4.90 Å². The van der Waals surface area contributed by atoms with E-state index in [2.05, 4.69) is 4.98 Å². The van der Waals surface area contributed by atoms with Crippen LogP contribution in [0.1, 0.15) is 29.0 Å². The SMILES string of the molecule is COc1ccc(/C=C/c2nc3cc(N(C)C)c4c(c3o2)C(O)=C2C(=O)[C@]3(O)C(O)=C(C(N)=O)C(=O)[C@@H](N(C)C)[C@@H]3C[C@@H]2C4)cc1. The van der Waals surface area contributed by atoms with Crippen molar-refractivity contribution in [3.8, 4) is 5.75 Å². The summed E-state index contributed by atoms with van der Waals surface area (Å²) in [7, 11) is 8.46. The summed E-state index contributed by atoms with van der Waals surface area (Å²) in [6.45, 7) is 0. The zero-order chi connectivity index (χ0) is 32.5. The third-order valence-corrected chi connectivity index (χ3v) is 9.11. The largest absolute Gasteiger partial charge is 0.508 e. The zero-order valence-corrected chi connectivity index (χ0v) is 25.5. The first-order valence-electron chi connectivity index (χ1n) is 14.4. The van der Waals surface area contributed by atoms with Gasteiger partial charge < -0.3 is 35.1 Å². The molecule has 1 amide bonds. The first kappa shape index (κ1) is 30.1. The molecule has 3 aromatic rings. The Hall–Kier alpha value is -4.94. The number of nitrogens with zero attached hydrogens (tertiary/aromatic N) is 3. The highest BCUT2D eigenvalue weighted by Gasteiger charge is 2.64. The molecule has 0 radical (unpaired) electrons. The van der Waals surface area contributed by atoms with Crippen molar-refractivity contribution in [2.45, 2.75) is 24.5 Å². The standard InChI is InChI=1S/C33H34N4O8/c1-36(2)21-14-20-29(45-22(35-20)11-8-15-6-9-17(44-5)10-7-15)24-18(21)12-16-13-19-26(37(3)4)28(39)25(32(34)42)31(41)33(19,43)30(40)23(16)27(24)38/h6-11,14,16,19,26,38,41,43H,12-13H2,1-5H3,(H2,34,42)/b11-8+/t16-,19-,26-,33-/m0/s1. The van der Waals surface area contributed by atoms with Crippen LogP contribution < -0.4 is 15.4 Å². The summed E-state index contributed by atoms with van der Waals surface area (Å²) in [5.74, 6) is -5.26. The summed E-state index contributed by atoms with van der Waals surface area (Å²) >= 11 is 0. The van der Waals surface area contributed by atoms with Gasteiger partial charge in [0.1, 0.15) is 28.4 Å². The smallest absolute Gasteiger partial charge is 0.255 e. The maximum absolute atomic E-state index is 14.2. The Kier molecular flexibility index (Phi) is 7.09. The van der Waals surface area contributed by atoms with Crippen LogP contribution in [0.2, 0.25) is 0 Å². The van der Waals surface area contributed by atoms with Crippen molar-refractivity contribution in [3.63, 3.8) is 0 Å². The fourth-order valence-electron chi connectivity index (χ4n) is 7.05. The minimum absolute atomic E-state index is 0.0585. The van der Waals surface area contributed by atoms with Crippen molar-refractivity contribution >= 4 is 52.2 Å². The second kappa shape index (κ2) is 10.6. The van der Waals surface area contributed by atoms with E-state index in [9.17, 15) is 29.7 Å². The molecule has 5 N–H and O–H groups in total. The molecular formula is C33H34N4O8. The second-order valence-corrected chi connectivity index (χ2v) is 12.1. The van der Waals surface area contributed by atoms with Gasteiger partial charge in [-0.1, -0.05) is 12.1 Å². The molecule has 0 bridgehead atoms. The van der Waals surface area contributed by atoms with Crippen LogP contribution in [-0.4, -0.2) is 89.6 Å². The van der Waals surface area contributed by atoms with Gasteiger partial charge in [0.15, 0.2) is 17.0 Å². The third-order valence-electron chi connectivity index (χ3n) is 9.11. The molecule has 0 spiro atoms. The van der Waals surface area contributed by atoms with Crippen molar-refractivity contribution in [1.29, 1.82) is 0 Å². The van der Waals surface area contributed by atoms with Crippen LogP contribution in [-0.2, 0) is 20.8 Å². The molecule has 234 valence electrons. The van der Waals surface area contributed by atoms with Gasteiger partial charge in [-0.25, -0.2) is 4.98 Å². The van der Waals surface area contributed by atoms with Gasteiger partial charge in [0.05, 0.1) is 18.7 Å². The lowest BCUT2D eigenvalue weighted by Crippen LogP contribution is -2.65. The number of hydrogen-bond acceptors (Lipinski definition) is 11. The number of nitrogens with two attached hydrogens (primary N) is 1. The fraction of sp³-hybridized carbons (Fsp3) is 0.333. The lowest BCUT2D eigenvalue weighted by molar-refractivity contribution is -0.153. The van der Waals surface area contributed by atoms with Crippen LogP contribution in [0.15, 0.2) is 51.7 Å². The highest BCUT2D eigenvalue weighted by Crippen LogP contribution is 2.53. The minimum Gasteiger partial charge on any atom is -0.508 e. The molecule has 6 rings (SSSR count). The Morgan fingerprint density at radius 3 is 2.42 bits per heavy atom. The number of aromatic nitrogens is 1. The number of Topliss-reactive ketones (excluding diaryl/α,β-unsaturated/α-hetero) is 2. The number of carbonyl (C=O) groups is 3. The van der Waals surface area contributed by atoms with Gasteiger partial charge in [0, 0.05) is 37.3 Å². The molecular weight excluding hydrogens is 580 g/mol. The van der Waals surface area contributed by atoms with Crippen LogP contribution >= 0.6 is 0 Å². The monoisotopic (exact) mass is 614 g/mol. The predicted molar refractivity (Wildman–Crippen MR) is 166 cm³/mol. The van der Waals surface area contributed by atoms with Gasteiger partial charge in [-0.05, 0) is 68.3 Å². The highest BCUT2D eigenvalue weighted by atomic mass is 16.5. The Balaban J connectivity index is 1.52. The van der Waals surface area contributed by atoms with E-state index in [4.69, 9.17) is 14.9 Å². The Bertz CT molecular complexity index is 1870. The number of oxazole rings is 1. The molecule has 1 heterocycles. The van der Waals surface area contributed by atoms with E-state index < -0.39 is 58.0 Å². The summed E-state index contributed by atoms with van der Waals surface area (Å²) < 4.78 is 11.3. The number of amides is 1. The molecule has 1 saturated carbocycles. The number of primary amides is 1. The summed E-state index contributed by atoms with van der Waals surface area (Å²) in [6.07, 6.45) is 3.83. The molecule has 1 fully saturated rings. The molecule has 3 aliphatic carbocycles. The van der Waals surface area contributed by atoms with Crippen molar-refractivity contribution < 1.29 is 38.9 Å². The van der Waals surface area contributed by atoms with E-state index >= 15 is 0 Å². The quantitative estimate of drug-likeness (QED) is 0.300. The molecule has 4 atom stereocenters. The average molecular weight is 615 g/mol. The topological polar surface area (TPSA) is 180 Å². The fourth-order valence-corrected chi connectivity index (χ4v) is 7.05. The van der Waals surface area contributed by atoms with E-state index in [-0.39, 0.29) is 35.5 Å². The number of likely N-dealkylation sites (N-methyl/N-ethyl adjacent to an activating group) is 1. The number of benzene rings is 2. The number of carbonyl (C=O) groups excluding carboxylic acids is 3. The number of ether oxygens (including phenoxy) is 1. The maximum Gasteiger partial charge on any atom is 0.255 e. The predicted octanol–water partition coefficient (Wildman–Crippen LogP) is 2.64. The Morgan fingerprint density at radius 2 is 1.82 bits per heavy atom. The van der Waals surface area contributed by atoms with E-state index in [1.54, 1.807) is 27.3 Å². The Labute approximate surface area is 258 Å². The summed E-state index contributed by atoms with van der Waals surface area (Å²) in [4.78, 5) is 47.8. The molecule has 12 nitrogen and oxygen atoms in total. The minimum atomic E-state index is -2.66. The summed E-state index contributed by atoms with van der Waals surface area (Å²) in [6, 6.07) is 8.14. The van der Waals surface area contributed by atoms with Gasteiger partial charge >= 0.3 is 0 Å². The number of aliphatic hydroxyl groups is 3. The number of fused-ring (bicyclic) bond motifs is 5. The number of rotatable bonds is 6. The second-order valence-electron chi connectivity index (χ2n) is 12.1. The van der Waals surface area contributed by atoms with Gasteiger partial charge in [-0.2, -0.15) is 0 Å². The van der Waals surface area contributed by atoms with Gasteiger partial charge in [-0.15, -0.1) is 0 Å². The number of hydrogen-bond donors (Lipinski definition) is 4. The zero-order valence-electron chi connectivity index (χ0n) is 25.5. The van der Waals surface area contributed by atoms with E-state index in [0.717, 1.165) is 17.0 Å². The summed E-state index contributed by atoms with van der Waals surface area (Å²) in [5.41, 5.74) is 5.10. The normalized spacial score (nSPS) is 24.7. The molecule has 45 heavy (non-hydrogen) atoms. The van der Waals surface area contributed by atoms with Crippen molar-refractivity contribution in [3.05, 3.63) is 69.8 Å². The van der Waals surface area contributed by atoms with Gasteiger partial charge in [-0.3, -0.25) is 19.3 Å². The van der Waals surface area contributed by atoms with Crippen molar-refractivity contribution in [2.75, 3.05) is 40.2 Å². The van der Waals surface area contributed by atoms with Crippen LogP contribution in [0, 0.1) is 11.8 Å².